The van der Waals surface area contributed by atoms with Crippen molar-refractivity contribution in [2.45, 2.75) is 63.2 Å². The van der Waals surface area contributed by atoms with Gasteiger partial charge in [0.2, 0.25) is 5.91 Å². The van der Waals surface area contributed by atoms with E-state index in [1.54, 1.807) is 24.3 Å². The summed E-state index contributed by atoms with van der Waals surface area (Å²) < 4.78 is 47.7. The number of nitrogens with two attached hydrogens (primary N) is 1. The van der Waals surface area contributed by atoms with Gasteiger partial charge in [-0.05, 0) is 80.3 Å². The fourth-order valence-electron chi connectivity index (χ4n) is 6.49. The van der Waals surface area contributed by atoms with Crippen LogP contribution in [0.15, 0.2) is 48.5 Å². The number of anilines is 1. The van der Waals surface area contributed by atoms with Gasteiger partial charge in [0.05, 0.1) is 24.7 Å². The Balaban J connectivity index is 1.26. The van der Waals surface area contributed by atoms with Crippen molar-refractivity contribution in [2.75, 3.05) is 37.7 Å². The lowest BCUT2D eigenvalue weighted by atomic mass is 9.59. The predicted molar refractivity (Wildman–Crippen MR) is 138 cm³/mol. The molecule has 1 aliphatic carbocycles. The van der Waals surface area contributed by atoms with E-state index in [1.165, 1.54) is 13.8 Å². The first-order valence-corrected chi connectivity index (χ1v) is 13.2. The average Bonchev–Trinajstić information content (AvgIpc) is 2.87. The van der Waals surface area contributed by atoms with E-state index in [-0.39, 0.29) is 6.04 Å². The second kappa shape index (κ2) is 9.62. The minimum atomic E-state index is -4.34. The predicted octanol–water partition coefficient (Wildman–Crippen LogP) is 5.45. The van der Waals surface area contributed by atoms with Crippen molar-refractivity contribution in [3.05, 3.63) is 65.2 Å². The second-order valence-corrected chi connectivity index (χ2v) is 11.5. The number of carbonyl (C=O) groups is 1. The third-order valence-electron chi connectivity index (χ3n) is 9.02. The summed E-state index contributed by atoms with van der Waals surface area (Å²) in [6.45, 7) is 6.23. The molecule has 3 aliphatic rings. The molecule has 37 heavy (non-hydrogen) atoms. The molecule has 8 heteroatoms. The van der Waals surface area contributed by atoms with E-state index in [9.17, 15) is 18.0 Å². The number of alkyl halides is 3. The van der Waals surface area contributed by atoms with Gasteiger partial charge in [-0.2, -0.15) is 13.2 Å². The highest BCUT2D eigenvalue weighted by Gasteiger charge is 2.52. The minimum Gasteiger partial charge on any atom is -0.378 e. The zero-order valence-corrected chi connectivity index (χ0v) is 21.6. The second-order valence-electron chi connectivity index (χ2n) is 11.5. The number of amides is 1. The van der Waals surface area contributed by atoms with E-state index in [2.05, 4.69) is 9.80 Å². The molecule has 2 aliphatic heterocycles. The van der Waals surface area contributed by atoms with Gasteiger partial charge in [-0.1, -0.05) is 24.3 Å². The Labute approximate surface area is 216 Å². The lowest BCUT2D eigenvalue weighted by Gasteiger charge is -2.57. The standard InChI is InChI=1S/C29H36F3N3O2/c1-27(2,29(30,31)32)24-6-4-3-5-23(24)25-19-37-16-15-35(25)22-17-28(18-22)11-13-34(14-12-28)21-9-7-20(8-10-21)26(33)36/h3-10,22,25H,11-19H2,1-2H3,(H2,33,36)/t25-/m0/s1. The highest BCUT2D eigenvalue weighted by atomic mass is 19.4. The van der Waals surface area contributed by atoms with Gasteiger partial charge in [-0.3, -0.25) is 9.69 Å². The number of hydrogen-bond acceptors (Lipinski definition) is 4. The summed E-state index contributed by atoms with van der Waals surface area (Å²) in [6, 6.07) is 14.7. The maximum Gasteiger partial charge on any atom is 0.397 e. The van der Waals surface area contributed by atoms with Crippen molar-refractivity contribution in [2.24, 2.45) is 11.1 Å². The lowest BCUT2D eigenvalue weighted by molar-refractivity contribution is -0.180. The van der Waals surface area contributed by atoms with Crippen LogP contribution in [0.3, 0.4) is 0 Å². The smallest absolute Gasteiger partial charge is 0.378 e. The zero-order valence-electron chi connectivity index (χ0n) is 21.6. The van der Waals surface area contributed by atoms with E-state index in [4.69, 9.17) is 10.5 Å². The fraction of sp³-hybridized carbons (Fsp3) is 0.552. The molecule has 2 aromatic carbocycles. The lowest BCUT2D eigenvalue weighted by Crippen LogP contribution is -2.58. The molecular weight excluding hydrogens is 479 g/mol. The molecule has 0 radical (unpaired) electrons. The van der Waals surface area contributed by atoms with Gasteiger partial charge in [-0.15, -0.1) is 0 Å². The molecule has 5 rings (SSSR count). The summed E-state index contributed by atoms with van der Waals surface area (Å²) in [7, 11) is 0. The number of carbonyl (C=O) groups excluding carboxylic acids is 1. The molecule has 1 atom stereocenters. The van der Waals surface area contributed by atoms with Crippen LogP contribution in [0.25, 0.3) is 0 Å². The molecule has 2 saturated heterocycles. The Morgan fingerprint density at radius 1 is 1.00 bits per heavy atom. The average molecular weight is 516 g/mol. The number of rotatable bonds is 5. The van der Waals surface area contributed by atoms with Crippen molar-refractivity contribution < 1.29 is 22.7 Å². The first-order chi connectivity index (χ1) is 17.5. The number of halogens is 3. The van der Waals surface area contributed by atoms with Gasteiger partial charge in [0.25, 0.3) is 0 Å². The number of piperidine rings is 1. The van der Waals surface area contributed by atoms with Crippen LogP contribution in [-0.2, 0) is 10.2 Å². The molecule has 3 fully saturated rings. The first-order valence-electron chi connectivity index (χ1n) is 13.2. The van der Waals surface area contributed by atoms with Gasteiger partial charge in [0, 0.05) is 36.9 Å². The van der Waals surface area contributed by atoms with Crippen molar-refractivity contribution in [1.82, 2.24) is 4.90 Å². The van der Waals surface area contributed by atoms with E-state index < -0.39 is 17.5 Å². The number of hydrogen-bond donors (Lipinski definition) is 1. The Morgan fingerprint density at radius 2 is 1.65 bits per heavy atom. The molecule has 1 saturated carbocycles. The van der Waals surface area contributed by atoms with Gasteiger partial charge in [-0.25, -0.2) is 0 Å². The third-order valence-corrected chi connectivity index (χ3v) is 9.02. The van der Waals surface area contributed by atoms with Gasteiger partial charge < -0.3 is 15.4 Å². The van der Waals surface area contributed by atoms with Crippen LogP contribution in [0.2, 0.25) is 0 Å². The molecule has 0 unspecified atom stereocenters. The summed E-state index contributed by atoms with van der Waals surface area (Å²) >= 11 is 0. The first kappa shape index (κ1) is 26.0. The fourth-order valence-corrected chi connectivity index (χ4v) is 6.49. The number of ether oxygens (including phenoxy) is 1. The largest absolute Gasteiger partial charge is 0.397 e. The van der Waals surface area contributed by atoms with Crippen molar-refractivity contribution in [3.8, 4) is 0 Å². The summed E-state index contributed by atoms with van der Waals surface area (Å²) in [5.41, 5.74) is 6.41. The van der Waals surface area contributed by atoms with Crippen LogP contribution >= 0.6 is 0 Å². The Hall–Kier alpha value is -2.58. The molecule has 1 spiro atoms. The summed E-state index contributed by atoms with van der Waals surface area (Å²) in [5.74, 6) is -0.421. The molecule has 1 amide bonds. The highest BCUT2D eigenvalue weighted by molar-refractivity contribution is 5.93. The molecule has 0 bridgehead atoms. The summed E-state index contributed by atoms with van der Waals surface area (Å²) in [4.78, 5) is 16.1. The summed E-state index contributed by atoms with van der Waals surface area (Å²) in [6.07, 6.45) is -0.00870. The Morgan fingerprint density at radius 3 is 2.27 bits per heavy atom. The van der Waals surface area contributed by atoms with Crippen LogP contribution < -0.4 is 10.6 Å². The van der Waals surface area contributed by atoms with E-state index in [0.29, 0.717) is 35.8 Å². The van der Waals surface area contributed by atoms with Gasteiger partial charge >= 0.3 is 6.18 Å². The van der Waals surface area contributed by atoms with Crippen LogP contribution in [0.1, 0.15) is 67.1 Å². The number of primary amides is 1. The Kier molecular flexibility index (Phi) is 6.77. The van der Waals surface area contributed by atoms with Crippen molar-refractivity contribution in [1.29, 1.82) is 0 Å². The van der Waals surface area contributed by atoms with Crippen LogP contribution in [0.5, 0.6) is 0 Å². The van der Waals surface area contributed by atoms with E-state index in [1.807, 2.05) is 24.3 Å². The highest BCUT2D eigenvalue weighted by Crippen LogP contribution is 2.53. The molecule has 2 heterocycles. The minimum absolute atomic E-state index is 0.169. The van der Waals surface area contributed by atoms with Crippen LogP contribution in [0.4, 0.5) is 18.9 Å². The van der Waals surface area contributed by atoms with Gasteiger partial charge in [0.1, 0.15) is 0 Å². The third kappa shape index (κ3) is 4.86. The number of morpholine rings is 1. The molecule has 2 N–H and O–H groups in total. The quantitative estimate of drug-likeness (QED) is 0.576. The van der Waals surface area contributed by atoms with Gasteiger partial charge in [0.15, 0.2) is 0 Å². The monoisotopic (exact) mass is 515 g/mol. The maximum atomic E-state index is 14.0. The van der Waals surface area contributed by atoms with Crippen molar-refractivity contribution >= 4 is 11.6 Å². The normalized spacial score (nSPS) is 23.2. The molecular formula is C29H36F3N3O2. The maximum absolute atomic E-state index is 14.0. The molecule has 2 aromatic rings. The SMILES string of the molecule is CC(C)(c1ccccc1[C@@H]1COCCN1C1CC2(CCN(c3ccc(C(N)=O)cc3)CC2)C1)C(F)(F)F. The topological polar surface area (TPSA) is 58.8 Å². The van der Waals surface area contributed by atoms with Crippen LogP contribution in [-0.4, -0.2) is 55.9 Å². The Bertz CT molecular complexity index is 1120. The number of nitrogens with zero attached hydrogens (tertiary/aromatic N) is 2. The molecule has 5 nitrogen and oxygen atoms in total. The van der Waals surface area contributed by atoms with E-state index in [0.717, 1.165) is 56.6 Å². The molecule has 200 valence electrons. The summed E-state index contributed by atoms with van der Waals surface area (Å²) in [5, 5.41) is 0. The number of benzene rings is 2. The van der Waals surface area contributed by atoms with Crippen LogP contribution in [0, 0.1) is 5.41 Å². The molecule has 0 aromatic heterocycles. The van der Waals surface area contributed by atoms with Crippen molar-refractivity contribution in [3.63, 3.8) is 0 Å². The zero-order chi connectivity index (χ0) is 26.4. The van der Waals surface area contributed by atoms with E-state index >= 15 is 0 Å².